The minimum Gasteiger partial charge on any atom is -0.494 e. The highest BCUT2D eigenvalue weighted by Gasteiger charge is 2.87. The first-order valence-corrected chi connectivity index (χ1v) is 19.7. The number of hydrogen-bond donors (Lipinski definition) is 0. The number of carbonyl (C=O) groups is 2. The van der Waals surface area contributed by atoms with E-state index in [1.807, 2.05) is 24.3 Å². The van der Waals surface area contributed by atoms with Gasteiger partial charge in [0.2, 0.25) is 0 Å². The molecule has 6 nitrogen and oxygen atoms in total. The van der Waals surface area contributed by atoms with E-state index in [1.54, 1.807) is 12.1 Å². The lowest BCUT2D eigenvalue weighted by molar-refractivity contribution is -0.413. The van der Waals surface area contributed by atoms with Gasteiger partial charge >= 0.3 is 48.0 Å². The number of benzene rings is 3. The predicted molar refractivity (Wildman–Crippen MR) is 204 cm³/mol. The number of unbranched alkanes of at least 4 members (excludes halogenated alkanes) is 9. The van der Waals surface area contributed by atoms with Crippen LogP contribution in [-0.2, 0) is 9.53 Å². The van der Waals surface area contributed by atoms with Gasteiger partial charge in [0, 0.05) is 11.1 Å². The van der Waals surface area contributed by atoms with Crippen LogP contribution in [0.1, 0.15) is 106 Å². The van der Waals surface area contributed by atoms with Crippen LogP contribution >= 0.6 is 0 Å². The molecule has 0 N–H and O–H groups in total. The zero-order valence-corrected chi connectivity index (χ0v) is 33.8. The minimum atomic E-state index is -7.68. The molecular formula is C44H46F12O6. The largest absolute Gasteiger partial charge is 0.494 e. The number of alkyl halides is 12. The van der Waals surface area contributed by atoms with E-state index in [-0.39, 0.29) is 17.1 Å². The van der Waals surface area contributed by atoms with E-state index in [1.165, 1.54) is 87.8 Å². The van der Waals surface area contributed by atoms with Gasteiger partial charge in [0.1, 0.15) is 17.2 Å². The molecule has 342 valence electrons. The maximum Gasteiger partial charge on any atom is 0.384 e. The third-order valence-corrected chi connectivity index (χ3v) is 9.37. The molecule has 0 aromatic heterocycles. The van der Waals surface area contributed by atoms with Crippen LogP contribution in [0.3, 0.4) is 0 Å². The standard InChI is InChI=1S/C44H46F12O6/c1-3-4-5-6-7-8-9-10-11-12-28-59-34-21-17-32(18-22-34)14-13-31-15-19-33(20-16-31)38(58)62-36-25-23-35(24-26-36)61-30(2)37(57)60-29-27-40(47,48)42(51,52)44(55,56)43(53,54)41(49,50)39(45)46/h15-26,30,39H,3-12,27-29H2,1-2H3/t30-/m0/s1. The Morgan fingerprint density at radius 1 is 0.581 bits per heavy atom. The number of rotatable bonds is 25. The summed E-state index contributed by atoms with van der Waals surface area (Å²) in [5.74, 6) is -31.6. The van der Waals surface area contributed by atoms with Crippen LogP contribution in [0, 0.1) is 11.8 Å². The van der Waals surface area contributed by atoms with Crippen molar-refractivity contribution in [1.29, 1.82) is 0 Å². The Balaban J connectivity index is 1.42. The predicted octanol–water partition coefficient (Wildman–Crippen LogP) is 12.7. The Labute approximate surface area is 351 Å². The van der Waals surface area contributed by atoms with Crippen molar-refractivity contribution >= 4 is 11.9 Å². The summed E-state index contributed by atoms with van der Waals surface area (Å²) in [5.41, 5.74) is 1.54. The summed E-state index contributed by atoms with van der Waals surface area (Å²) < 4.78 is 181. The monoisotopic (exact) mass is 898 g/mol. The lowest BCUT2D eigenvalue weighted by atomic mass is 9.93. The van der Waals surface area contributed by atoms with Crippen molar-refractivity contribution in [3.63, 3.8) is 0 Å². The van der Waals surface area contributed by atoms with E-state index >= 15 is 0 Å². The first kappa shape index (κ1) is 51.3. The number of halogens is 12. The van der Waals surface area contributed by atoms with Crippen molar-refractivity contribution in [1.82, 2.24) is 0 Å². The Kier molecular flexibility index (Phi) is 18.9. The highest BCUT2D eigenvalue weighted by Crippen LogP contribution is 2.58. The van der Waals surface area contributed by atoms with Gasteiger partial charge in [-0.1, -0.05) is 76.6 Å². The van der Waals surface area contributed by atoms with Gasteiger partial charge in [-0.3, -0.25) is 0 Å². The molecule has 3 aromatic rings. The molecule has 0 aliphatic rings. The molecule has 0 heterocycles. The summed E-state index contributed by atoms with van der Waals surface area (Å²) in [6.45, 7) is 2.00. The van der Waals surface area contributed by atoms with Gasteiger partial charge < -0.3 is 18.9 Å². The summed E-state index contributed by atoms with van der Waals surface area (Å²) in [6, 6.07) is 18.5. The Morgan fingerprint density at radius 3 is 1.56 bits per heavy atom. The van der Waals surface area contributed by atoms with Gasteiger partial charge in [0.25, 0.3) is 0 Å². The van der Waals surface area contributed by atoms with Crippen LogP contribution in [0.15, 0.2) is 72.8 Å². The molecule has 0 amide bonds. The quantitative estimate of drug-likeness (QED) is 0.0277. The van der Waals surface area contributed by atoms with Crippen LogP contribution in [-0.4, -0.2) is 67.3 Å². The van der Waals surface area contributed by atoms with E-state index in [9.17, 15) is 62.3 Å². The minimum absolute atomic E-state index is 0.00854. The molecule has 0 radical (unpaired) electrons. The van der Waals surface area contributed by atoms with Crippen molar-refractivity contribution in [2.45, 2.75) is 127 Å². The van der Waals surface area contributed by atoms with Gasteiger partial charge in [0.15, 0.2) is 6.10 Å². The van der Waals surface area contributed by atoms with Crippen molar-refractivity contribution in [3.8, 4) is 29.1 Å². The molecule has 0 fully saturated rings. The van der Waals surface area contributed by atoms with E-state index in [2.05, 4.69) is 23.5 Å². The van der Waals surface area contributed by atoms with Gasteiger partial charge in [-0.15, -0.1) is 0 Å². The summed E-state index contributed by atoms with van der Waals surface area (Å²) in [6.07, 6.45) is 2.53. The first-order chi connectivity index (χ1) is 29.1. The van der Waals surface area contributed by atoms with E-state index in [0.717, 1.165) is 31.1 Å². The van der Waals surface area contributed by atoms with Crippen LogP contribution in [0.2, 0.25) is 0 Å². The Bertz CT molecular complexity index is 1910. The zero-order chi connectivity index (χ0) is 46.2. The number of hydrogen-bond acceptors (Lipinski definition) is 6. The SMILES string of the molecule is CCCCCCCCCCCCOc1ccc(C#Cc2ccc(C(=O)Oc3ccc(O[C@@H](C)C(=O)OCCC(F)(F)C(F)(F)C(F)(F)C(F)(F)C(F)(F)C(F)F)cc3)cc2)cc1. The van der Waals surface area contributed by atoms with E-state index < -0.39 is 67.1 Å². The van der Waals surface area contributed by atoms with Crippen LogP contribution in [0.4, 0.5) is 52.7 Å². The second-order valence-electron chi connectivity index (χ2n) is 14.3. The molecule has 0 saturated carbocycles. The molecular weight excluding hydrogens is 852 g/mol. The summed E-state index contributed by atoms with van der Waals surface area (Å²) >= 11 is 0. The van der Waals surface area contributed by atoms with Crippen molar-refractivity contribution < 1.29 is 81.2 Å². The smallest absolute Gasteiger partial charge is 0.384 e. The second-order valence-corrected chi connectivity index (χ2v) is 14.3. The van der Waals surface area contributed by atoms with Gasteiger partial charge in [-0.25, -0.2) is 18.4 Å². The van der Waals surface area contributed by atoms with E-state index in [0.29, 0.717) is 12.2 Å². The fraction of sp³-hybridized carbons (Fsp3) is 0.500. The second kappa shape index (κ2) is 22.8. The molecule has 0 saturated heterocycles. The van der Waals surface area contributed by atoms with Crippen molar-refractivity contribution in [3.05, 3.63) is 89.5 Å². The number of carbonyl (C=O) groups excluding carboxylic acids is 2. The van der Waals surface area contributed by atoms with Crippen LogP contribution < -0.4 is 14.2 Å². The molecule has 0 aliphatic heterocycles. The average Bonchev–Trinajstić information content (AvgIpc) is 3.22. The summed E-state index contributed by atoms with van der Waals surface area (Å²) in [7, 11) is 0. The van der Waals surface area contributed by atoms with Crippen LogP contribution in [0.25, 0.3) is 0 Å². The first-order valence-electron chi connectivity index (χ1n) is 19.7. The van der Waals surface area contributed by atoms with Crippen molar-refractivity contribution in [2.75, 3.05) is 13.2 Å². The van der Waals surface area contributed by atoms with E-state index in [4.69, 9.17) is 14.2 Å². The fourth-order valence-corrected chi connectivity index (χ4v) is 5.58. The van der Waals surface area contributed by atoms with Crippen molar-refractivity contribution in [2.24, 2.45) is 0 Å². The highest BCUT2D eigenvalue weighted by atomic mass is 19.4. The molecule has 0 bridgehead atoms. The highest BCUT2D eigenvalue weighted by molar-refractivity contribution is 5.91. The van der Waals surface area contributed by atoms with Crippen LogP contribution in [0.5, 0.6) is 17.2 Å². The molecule has 0 unspecified atom stereocenters. The van der Waals surface area contributed by atoms with Gasteiger partial charge in [-0.05, 0) is 86.1 Å². The van der Waals surface area contributed by atoms with Gasteiger partial charge in [0.05, 0.1) is 25.2 Å². The number of ether oxygens (including phenoxy) is 4. The molecule has 18 heteroatoms. The third kappa shape index (κ3) is 13.7. The summed E-state index contributed by atoms with van der Waals surface area (Å²) in [4.78, 5) is 24.8. The zero-order valence-electron chi connectivity index (χ0n) is 33.8. The maximum absolute atomic E-state index is 14.0. The molecule has 3 aromatic carbocycles. The number of esters is 2. The average molecular weight is 899 g/mol. The molecule has 3 rings (SSSR count). The third-order valence-electron chi connectivity index (χ3n) is 9.37. The summed E-state index contributed by atoms with van der Waals surface area (Å²) in [5, 5.41) is 0. The topological polar surface area (TPSA) is 71.1 Å². The Hall–Kier alpha value is -5.08. The normalized spacial score (nSPS) is 13.0. The van der Waals surface area contributed by atoms with Gasteiger partial charge in [-0.2, -0.15) is 43.9 Å². The molecule has 0 aliphatic carbocycles. The molecule has 1 atom stereocenters. The Morgan fingerprint density at radius 2 is 1.05 bits per heavy atom. The maximum atomic E-state index is 14.0. The molecule has 0 spiro atoms. The lowest BCUT2D eigenvalue weighted by Gasteiger charge is -2.39. The lowest BCUT2D eigenvalue weighted by Crippen LogP contribution is -2.68. The molecule has 62 heavy (non-hydrogen) atoms. The fourth-order valence-electron chi connectivity index (χ4n) is 5.58.